The number of alkyl carbamates (subject to hydrolysis) is 1. The number of anilines is 2. The molecule has 0 aliphatic heterocycles. The maximum Gasteiger partial charge on any atom is 0.407 e. The van der Waals surface area contributed by atoms with Crippen molar-refractivity contribution in [1.29, 1.82) is 0 Å². The zero-order valence-electron chi connectivity index (χ0n) is 17.6. The van der Waals surface area contributed by atoms with Crippen molar-refractivity contribution in [2.24, 2.45) is 0 Å². The Bertz CT molecular complexity index is 869. The predicted molar refractivity (Wildman–Crippen MR) is 110 cm³/mol. The number of ether oxygens (including phenoxy) is 1. The molecule has 0 saturated heterocycles. The van der Waals surface area contributed by atoms with Crippen LogP contribution >= 0.6 is 0 Å². The van der Waals surface area contributed by atoms with Crippen LogP contribution in [0.3, 0.4) is 0 Å². The number of aromatic nitrogens is 4. The van der Waals surface area contributed by atoms with Gasteiger partial charge in [-0.1, -0.05) is 0 Å². The molecule has 4 rings (SSSR count). The van der Waals surface area contributed by atoms with Gasteiger partial charge < -0.3 is 15.4 Å². The first kappa shape index (κ1) is 19.7. The minimum absolute atomic E-state index is 0.0534. The fourth-order valence-electron chi connectivity index (χ4n) is 3.75. The average Bonchev–Trinajstić information content (AvgIpc) is 3.05. The molecule has 2 heterocycles. The molecule has 2 fully saturated rings. The average molecular weight is 399 g/mol. The Balaban J connectivity index is 1.45. The molecule has 2 aromatic heterocycles. The molecule has 2 saturated carbocycles. The van der Waals surface area contributed by atoms with Crippen LogP contribution in [0.5, 0.6) is 0 Å². The minimum Gasteiger partial charge on any atom is -0.446 e. The standard InChI is InChI=1S/C21H30N6O2/c1-20(2,3)27-18(24-17-7-10-22-13-23-17)12-16(26-27)14-5-6-15(11-14)29-19(28)25-21(4)8-9-21/h7,10,12-15H,5-6,8-9,11H2,1-4H3,(H,25,28)(H,22,23,24)/t14-,15+/m0/s1. The van der Waals surface area contributed by atoms with Crippen molar-refractivity contribution < 1.29 is 9.53 Å². The number of hydrogen-bond acceptors (Lipinski definition) is 6. The zero-order valence-corrected chi connectivity index (χ0v) is 17.6. The van der Waals surface area contributed by atoms with Gasteiger partial charge in [0.2, 0.25) is 0 Å². The Morgan fingerprint density at radius 3 is 2.76 bits per heavy atom. The quantitative estimate of drug-likeness (QED) is 0.788. The molecule has 156 valence electrons. The van der Waals surface area contributed by atoms with Gasteiger partial charge in [-0.15, -0.1) is 0 Å². The van der Waals surface area contributed by atoms with E-state index >= 15 is 0 Å². The lowest BCUT2D eigenvalue weighted by molar-refractivity contribution is 0.0967. The van der Waals surface area contributed by atoms with Gasteiger partial charge in [0.1, 0.15) is 24.1 Å². The first-order chi connectivity index (χ1) is 13.7. The van der Waals surface area contributed by atoms with Crippen molar-refractivity contribution in [2.75, 3.05) is 5.32 Å². The Labute approximate surface area is 171 Å². The molecule has 0 aromatic carbocycles. The molecule has 29 heavy (non-hydrogen) atoms. The van der Waals surface area contributed by atoms with Gasteiger partial charge in [0, 0.05) is 23.7 Å². The van der Waals surface area contributed by atoms with Crippen molar-refractivity contribution in [3.63, 3.8) is 0 Å². The lowest BCUT2D eigenvalue weighted by atomic mass is 10.0. The van der Waals surface area contributed by atoms with Crippen LogP contribution in [0, 0.1) is 0 Å². The summed E-state index contributed by atoms with van der Waals surface area (Å²) >= 11 is 0. The Hall–Kier alpha value is -2.64. The van der Waals surface area contributed by atoms with Crippen molar-refractivity contribution in [3.05, 3.63) is 30.4 Å². The van der Waals surface area contributed by atoms with Crippen LogP contribution in [-0.4, -0.2) is 37.5 Å². The van der Waals surface area contributed by atoms with E-state index in [0.717, 1.165) is 49.4 Å². The van der Waals surface area contributed by atoms with Crippen molar-refractivity contribution in [1.82, 2.24) is 25.1 Å². The third kappa shape index (κ3) is 4.68. The van der Waals surface area contributed by atoms with Crippen LogP contribution in [0.1, 0.15) is 71.4 Å². The molecule has 0 spiro atoms. The summed E-state index contributed by atoms with van der Waals surface area (Å²) in [4.78, 5) is 20.3. The highest BCUT2D eigenvalue weighted by Crippen LogP contribution is 2.38. The van der Waals surface area contributed by atoms with Crippen LogP contribution in [0.25, 0.3) is 0 Å². The SMILES string of the molecule is CC1(NC(=O)O[C@@H]2CC[C@H](c3cc(Nc4ccncn4)n(C(C)(C)C)n3)C2)CC1. The lowest BCUT2D eigenvalue weighted by Crippen LogP contribution is -2.36. The predicted octanol–water partition coefficient (Wildman–Crippen LogP) is 4.09. The molecule has 0 unspecified atom stereocenters. The number of nitrogens with one attached hydrogen (secondary N) is 2. The lowest BCUT2D eigenvalue weighted by Gasteiger charge is -2.22. The van der Waals surface area contributed by atoms with E-state index < -0.39 is 0 Å². The Morgan fingerprint density at radius 1 is 1.31 bits per heavy atom. The first-order valence-corrected chi connectivity index (χ1v) is 10.3. The maximum atomic E-state index is 12.1. The molecule has 2 aliphatic rings. The fourth-order valence-corrected chi connectivity index (χ4v) is 3.75. The Kier molecular flexibility index (Phi) is 4.96. The summed E-state index contributed by atoms with van der Waals surface area (Å²) in [6.45, 7) is 8.42. The molecule has 8 heteroatoms. The third-order valence-electron chi connectivity index (χ3n) is 5.68. The van der Waals surface area contributed by atoms with Gasteiger partial charge >= 0.3 is 6.09 Å². The van der Waals surface area contributed by atoms with Crippen molar-refractivity contribution in [2.45, 2.75) is 82.9 Å². The van der Waals surface area contributed by atoms with Gasteiger partial charge in [0.05, 0.1) is 11.2 Å². The van der Waals surface area contributed by atoms with Gasteiger partial charge in [-0.25, -0.2) is 19.4 Å². The van der Waals surface area contributed by atoms with E-state index in [9.17, 15) is 4.79 Å². The molecule has 0 radical (unpaired) electrons. The topological polar surface area (TPSA) is 94.0 Å². The smallest absolute Gasteiger partial charge is 0.407 e. The first-order valence-electron chi connectivity index (χ1n) is 10.3. The number of carbonyl (C=O) groups excluding carboxylic acids is 1. The summed E-state index contributed by atoms with van der Waals surface area (Å²) in [5.74, 6) is 1.91. The second-order valence-corrected chi connectivity index (χ2v) is 9.48. The number of carbonyl (C=O) groups is 1. The highest BCUT2D eigenvalue weighted by molar-refractivity contribution is 5.69. The van der Waals surface area contributed by atoms with Crippen LogP contribution in [0.15, 0.2) is 24.7 Å². The van der Waals surface area contributed by atoms with Gasteiger partial charge in [-0.2, -0.15) is 5.10 Å². The fraction of sp³-hybridized carbons (Fsp3) is 0.619. The molecule has 0 bridgehead atoms. The molecule has 2 atom stereocenters. The van der Waals surface area contributed by atoms with E-state index in [1.807, 2.05) is 10.7 Å². The third-order valence-corrected chi connectivity index (χ3v) is 5.68. The second kappa shape index (κ2) is 7.31. The molecule has 2 aromatic rings. The van der Waals surface area contributed by atoms with Gasteiger partial charge in [-0.3, -0.25) is 0 Å². The minimum atomic E-state index is -0.290. The van der Waals surface area contributed by atoms with Gasteiger partial charge in [0.15, 0.2) is 0 Å². The number of nitrogens with zero attached hydrogens (tertiary/aromatic N) is 4. The second-order valence-electron chi connectivity index (χ2n) is 9.48. The van der Waals surface area contributed by atoms with Crippen LogP contribution in [-0.2, 0) is 10.3 Å². The highest BCUT2D eigenvalue weighted by Gasteiger charge is 2.40. The van der Waals surface area contributed by atoms with Crippen molar-refractivity contribution >= 4 is 17.7 Å². The monoisotopic (exact) mass is 398 g/mol. The van der Waals surface area contributed by atoms with E-state index in [1.54, 1.807) is 6.20 Å². The number of hydrogen-bond donors (Lipinski definition) is 2. The van der Waals surface area contributed by atoms with Crippen LogP contribution in [0.4, 0.5) is 16.4 Å². The normalized spacial score (nSPS) is 22.9. The van der Waals surface area contributed by atoms with E-state index in [2.05, 4.69) is 54.4 Å². The van der Waals surface area contributed by atoms with Crippen LogP contribution in [0.2, 0.25) is 0 Å². The molecular weight excluding hydrogens is 368 g/mol. The molecule has 2 N–H and O–H groups in total. The van der Waals surface area contributed by atoms with E-state index in [1.165, 1.54) is 6.33 Å². The summed E-state index contributed by atoms with van der Waals surface area (Å²) in [7, 11) is 0. The van der Waals surface area contributed by atoms with E-state index in [4.69, 9.17) is 9.84 Å². The number of rotatable bonds is 5. The maximum absolute atomic E-state index is 12.1. The number of amides is 1. The van der Waals surface area contributed by atoms with Gasteiger partial charge in [0.25, 0.3) is 0 Å². The summed E-state index contributed by atoms with van der Waals surface area (Å²) in [5, 5.41) is 11.2. The van der Waals surface area contributed by atoms with E-state index in [-0.39, 0.29) is 29.2 Å². The highest BCUT2D eigenvalue weighted by atomic mass is 16.6. The van der Waals surface area contributed by atoms with Gasteiger partial charge in [-0.05, 0) is 65.9 Å². The van der Waals surface area contributed by atoms with Crippen LogP contribution < -0.4 is 10.6 Å². The molecule has 1 amide bonds. The van der Waals surface area contributed by atoms with Crippen molar-refractivity contribution in [3.8, 4) is 0 Å². The molecule has 8 nitrogen and oxygen atoms in total. The summed E-state index contributed by atoms with van der Waals surface area (Å²) in [6.07, 6.45) is 7.58. The summed E-state index contributed by atoms with van der Waals surface area (Å²) in [5.41, 5.74) is 0.793. The molecule has 2 aliphatic carbocycles. The largest absolute Gasteiger partial charge is 0.446 e. The van der Waals surface area contributed by atoms with E-state index in [0.29, 0.717) is 0 Å². The Morgan fingerprint density at radius 2 is 2.10 bits per heavy atom. The summed E-state index contributed by atoms with van der Waals surface area (Å²) < 4.78 is 7.66. The molecular formula is C21H30N6O2. The summed E-state index contributed by atoms with van der Waals surface area (Å²) in [6, 6.07) is 3.92. The zero-order chi connectivity index (χ0) is 20.6.